The van der Waals surface area contributed by atoms with Crippen molar-refractivity contribution < 1.29 is 9.21 Å². The van der Waals surface area contributed by atoms with E-state index >= 15 is 0 Å². The minimum Gasteiger partial charge on any atom is -0.468 e. The van der Waals surface area contributed by atoms with E-state index in [9.17, 15) is 4.79 Å². The summed E-state index contributed by atoms with van der Waals surface area (Å²) in [7, 11) is 0. The van der Waals surface area contributed by atoms with E-state index < -0.39 is 5.54 Å². The van der Waals surface area contributed by atoms with Crippen LogP contribution in [-0.4, -0.2) is 23.7 Å². The van der Waals surface area contributed by atoms with Crippen LogP contribution in [0.3, 0.4) is 0 Å². The van der Waals surface area contributed by atoms with E-state index in [0.29, 0.717) is 11.7 Å². The monoisotopic (exact) mass is 282 g/mol. The molecule has 19 heavy (non-hydrogen) atoms. The number of nitrogens with two attached hydrogens (primary N) is 1. The first-order valence-electron chi connectivity index (χ1n) is 6.84. The molecule has 4 nitrogen and oxygen atoms in total. The number of furan rings is 1. The van der Waals surface area contributed by atoms with Gasteiger partial charge in [0, 0.05) is 5.75 Å². The normalized spacial score (nSPS) is 18.2. The lowest BCUT2D eigenvalue weighted by Crippen LogP contribution is -2.59. The molecule has 1 saturated carbocycles. The standard InChI is InChI=1S/C14H22N2O2S/c1-2-7-16-14(13(15)17,11-5-6-11)10-19-9-12-4-3-8-18-12/h3-4,8,11,16H,2,5-7,9-10H2,1H3,(H2,15,17). The number of thioether (sulfide) groups is 1. The second kappa shape index (κ2) is 6.48. The first-order chi connectivity index (χ1) is 9.19. The molecule has 0 aromatic carbocycles. The summed E-state index contributed by atoms with van der Waals surface area (Å²) in [6, 6.07) is 3.84. The van der Waals surface area contributed by atoms with Crippen LogP contribution in [0.15, 0.2) is 22.8 Å². The van der Waals surface area contributed by atoms with Gasteiger partial charge in [-0.25, -0.2) is 0 Å². The van der Waals surface area contributed by atoms with Gasteiger partial charge in [0.05, 0.1) is 12.0 Å². The number of carbonyl (C=O) groups is 1. The Labute approximate surface area is 118 Å². The fourth-order valence-corrected chi connectivity index (χ4v) is 3.57. The molecule has 1 aromatic heterocycles. The molecular weight excluding hydrogens is 260 g/mol. The zero-order chi connectivity index (χ0) is 13.7. The van der Waals surface area contributed by atoms with Gasteiger partial charge in [-0.15, -0.1) is 0 Å². The number of amides is 1. The highest BCUT2D eigenvalue weighted by Gasteiger charge is 2.49. The second-order valence-corrected chi connectivity index (χ2v) is 6.09. The Bertz CT molecular complexity index is 404. The lowest BCUT2D eigenvalue weighted by atomic mass is 9.94. The van der Waals surface area contributed by atoms with E-state index in [0.717, 1.165) is 37.3 Å². The summed E-state index contributed by atoms with van der Waals surface area (Å²) in [6.45, 7) is 2.93. The Kier molecular flexibility index (Phi) is 4.93. The number of primary amides is 1. The third-order valence-corrected chi connectivity index (χ3v) is 4.71. The van der Waals surface area contributed by atoms with E-state index in [4.69, 9.17) is 10.2 Å². The maximum atomic E-state index is 11.9. The molecule has 1 aromatic rings. The third kappa shape index (κ3) is 3.54. The maximum Gasteiger partial charge on any atom is 0.238 e. The molecule has 1 unspecified atom stereocenters. The summed E-state index contributed by atoms with van der Waals surface area (Å²) >= 11 is 1.71. The number of rotatable bonds is 9. The Morgan fingerprint density at radius 2 is 2.42 bits per heavy atom. The van der Waals surface area contributed by atoms with Gasteiger partial charge < -0.3 is 15.5 Å². The molecule has 1 atom stereocenters. The van der Waals surface area contributed by atoms with Gasteiger partial charge in [0.25, 0.3) is 0 Å². The van der Waals surface area contributed by atoms with Crippen LogP contribution in [0.5, 0.6) is 0 Å². The minimum atomic E-state index is -0.534. The summed E-state index contributed by atoms with van der Waals surface area (Å²) < 4.78 is 5.31. The molecular formula is C14H22N2O2S. The highest BCUT2D eigenvalue weighted by molar-refractivity contribution is 7.98. The lowest BCUT2D eigenvalue weighted by Gasteiger charge is -2.31. The molecule has 106 valence electrons. The van der Waals surface area contributed by atoms with Crippen molar-refractivity contribution in [2.24, 2.45) is 11.7 Å². The van der Waals surface area contributed by atoms with Gasteiger partial charge in [-0.05, 0) is 43.9 Å². The molecule has 2 rings (SSSR count). The SMILES string of the molecule is CCCNC(CSCc1ccco1)(C(N)=O)C1CC1. The Morgan fingerprint density at radius 1 is 1.63 bits per heavy atom. The number of nitrogens with one attached hydrogen (secondary N) is 1. The Balaban J connectivity index is 1.94. The van der Waals surface area contributed by atoms with Crippen molar-refractivity contribution in [3.05, 3.63) is 24.2 Å². The largest absolute Gasteiger partial charge is 0.468 e. The number of carbonyl (C=O) groups excluding carboxylic acids is 1. The van der Waals surface area contributed by atoms with Crippen molar-refractivity contribution in [2.75, 3.05) is 12.3 Å². The quantitative estimate of drug-likeness (QED) is 0.728. The summed E-state index contributed by atoms with van der Waals surface area (Å²) in [5, 5.41) is 3.40. The van der Waals surface area contributed by atoms with Crippen molar-refractivity contribution in [1.29, 1.82) is 0 Å². The van der Waals surface area contributed by atoms with Crippen molar-refractivity contribution >= 4 is 17.7 Å². The number of hydrogen-bond donors (Lipinski definition) is 2. The zero-order valence-electron chi connectivity index (χ0n) is 11.4. The van der Waals surface area contributed by atoms with Gasteiger partial charge in [0.1, 0.15) is 11.3 Å². The van der Waals surface area contributed by atoms with Gasteiger partial charge >= 0.3 is 0 Å². The molecule has 0 spiro atoms. The molecule has 0 saturated heterocycles. The van der Waals surface area contributed by atoms with Gasteiger partial charge in [0.2, 0.25) is 5.91 Å². The molecule has 1 aliphatic carbocycles. The van der Waals surface area contributed by atoms with Crippen LogP contribution in [0.4, 0.5) is 0 Å². The summed E-state index contributed by atoms with van der Waals surface area (Å²) in [5.74, 6) is 2.63. The lowest BCUT2D eigenvalue weighted by molar-refractivity contribution is -0.124. The summed E-state index contributed by atoms with van der Waals surface area (Å²) in [5.41, 5.74) is 5.14. The van der Waals surface area contributed by atoms with E-state index in [1.165, 1.54) is 0 Å². The van der Waals surface area contributed by atoms with Gasteiger partial charge in [-0.2, -0.15) is 11.8 Å². The summed E-state index contributed by atoms with van der Waals surface area (Å²) in [6.07, 6.45) is 4.87. The van der Waals surface area contributed by atoms with E-state index in [1.807, 2.05) is 12.1 Å². The van der Waals surface area contributed by atoms with Gasteiger partial charge in [-0.1, -0.05) is 6.92 Å². The third-order valence-electron chi connectivity index (χ3n) is 3.56. The molecule has 1 amide bonds. The molecule has 0 aliphatic heterocycles. The van der Waals surface area contributed by atoms with Crippen molar-refractivity contribution in [2.45, 2.75) is 37.5 Å². The van der Waals surface area contributed by atoms with E-state index in [1.54, 1.807) is 18.0 Å². The smallest absolute Gasteiger partial charge is 0.238 e. The highest BCUT2D eigenvalue weighted by Crippen LogP contribution is 2.41. The maximum absolute atomic E-state index is 11.9. The molecule has 3 N–H and O–H groups in total. The second-order valence-electron chi connectivity index (χ2n) is 5.11. The highest BCUT2D eigenvalue weighted by atomic mass is 32.2. The fraction of sp³-hybridized carbons (Fsp3) is 0.643. The van der Waals surface area contributed by atoms with E-state index in [-0.39, 0.29) is 5.91 Å². The van der Waals surface area contributed by atoms with Crippen LogP contribution < -0.4 is 11.1 Å². The van der Waals surface area contributed by atoms with Crippen LogP contribution in [0, 0.1) is 5.92 Å². The van der Waals surface area contributed by atoms with E-state index in [2.05, 4.69) is 12.2 Å². The van der Waals surface area contributed by atoms with Crippen molar-refractivity contribution in [3.63, 3.8) is 0 Å². The van der Waals surface area contributed by atoms with Crippen molar-refractivity contribution in [1.82, 2.24) is 5.32 Å². The van der Waals surface area contributed by atoms with Crippen LogP contribution in [-0.2, 0) is 10.5 Å². The van der Waals surface area contributed by atoms with Gasteiger partial charge in [0.15, 0.2) is 0 Å². The van der Waals surface area contributed by atoms with Crippen LogP contribution >= 0.6 is 11.8 Å². The zero-order valence-corrected chi connectivity index (χ0v) is 12.2. The van der Waals surface area contributed by atoms with Crippen molar-refractivity contribution in [3.8, 4) is 0 Å². The Morgan fingerprint density at radius 3 is 2.95 bits per heavy atom. The van der Waals surface area contributed by atoms with Crippen LogP contribution in [0.25, 0.3) is 0 Å². The summed E-state index contributed by atoms with van der Waals surface area (Å²) in [4.78, 5) is 11.9. The molecule has 0 radical (unpaired) electrons. The molecule has 5 heteroatoms. The molecule has 1 aliphatic rings. The topological polar surface area (TPSA) is 68.3 Å². The average Bonchev–Trinajstić information content (AvgIpc) is 3.11. The Hall–Kier alpha value is -0.940. The minimum absolute atomic E-state index is 0.213. The average molecular weight is 282 g/mol. The first kappa shape index (κ1) is 14.5. The molecule has 1 heterocycles. The number of hydrogen-bond acceptors (Lipinski definition) is 4. The first-order valence-corrected chi connectivity index (χ1v) is 7.99. The van der Waals surface area contributed by atoms with Crippen LogP contribution in [0.1, 0.15) is 31.9 Å². The van der Waals surface area contributed by atoms with Gasteiger partial charge in [-0.3, -0.25) is 4.79 Å². The fourth-order valence-electron chi connectivity index (χ4n) is 2.30. The molecule has 0 bridgehead atoms. The molecule has 1 fully saturated rings. The predicted molar refractivity (Wildman–Crippen MR) is 77.8 cm³/mol. The van der Waals surface area contributed by atoms with Crippen LogP contribution in [0.2, 0.25) is 0 Å². The predicted octanol–water partition coefficient (Wildman–Crippen LogP) is 2.15.